The first-order chi connectivity index (χ1) is 7.59. The normalized spacial score (nSPS) is 29.2. The van der Waals surface area contributed by atoms with Crippen molar-refractivity contribution in [2.24, 2.45) is 5.73 Å². The quantitative estimate of drug-likeness (QED) is 0.688. The van der Waals surface area contributed by atoms with Crippen LogP contribution in [-0.4, -0.2) is 23.4 Å². The summed E-state index contributed by atoms with van der Waals surface area (Å²) in [4.78, 5) is 0. The lowest BCUT2D eigenvalue weighted by molar-refractivity contribution is 0.187. The summed E-state index contributed by atoms with van der Waals surface area (Å²) in [5, 5.41) is 12.4. The third-order valence-electron chi connectivity index (χ3n) is 3.09. The molecule has 0 aromatic heterocycles. The molecular weight excluding hydrogens is 207 g/mol. The van der Waals surface area contributed by atoms with Gasteiger partial charge in [-0.2, -0.15) is 0 Å². The minimum Gasteiger partial charge on any atom is -0.506 e. The number of phenolic OH excluding ortho intramolecular Hbond substituents is 1. The number of phenols is 1. The van der Waals surface area contributed by atoms with Gasteiger partial charge in [0.2, 0.25) is 0 Å². The smallest absolute Gasteiger partial charge is 0.138 e. The summed E-state index contributed by atoms with van der Waals surface area (Å²) in [6.45, 7) is 0.207. The number of benzene rings is 1. The molecule has 0 aliphatic heterocycles. The number of hydrogen-bond acceptors (Lipinski definition) is 3. The summed E-state index contributed by atoms with van der Waals surface area (Å²) in [5.74, 6) is 0.147. The number of nitrogens with two attached hydrogens (primary N) is 1. The second-order valence-corrected chi connectivity index (χ2v) is 4.52. The van der Waals surface area contributed by atoms with Gasteiger partial charge in [-0.25, -0.2) is 4.39 Å². The second kappa shape index (κ2) is 4.29. The Bertz CT molecular complexity index is 372. The van der Waals surface area contributed by atoms with Crippen LogP contribution in [0.5, 0.6) is 5.75 Å². The molecule has 0 heterocycles. The zero-order valence-corrected chi connectivity index (χ0v) is 9.12. The lowest BCUT2D eigenvalue weighted by Gasteiger charge is -2.20. The van der Waals surface area contributed by atoms with Crippen molar-refractivity contribution in [2.45, 2.75) is 31.0 Å². The summed E-state index contributed by atoms with van der Waals surface area (Å²) >= 11 is 0. The second-order valence-electron chi connectivity index (χ2n) is 4.52. The first-order valence-electron chi connectivity index (χ1n) is 5.55. The third kappa shape index (κ3) is 2.44. The van der Waals surface area contributed by atoms with Crippen LogP contribution in [0.25, 0.3) is 0 Å². The van der Waals surface area contributed by atoms with E-state index in [4.69, 9.17) is 5.73 Å². The topological polar surface area (TPSA) is 58.3 Å². The van der Waals surface area contributed by atoms with E-state index < -0.39 is 5.67 Å². The van der Waals surface area contributed by atoms with Crippen molar-refractivity contribution in [3.63, 3.8) is 0 Å². The van der Waals surface area contributed by atoms with Gasteiger partial charge in [-0.3, -0.25) is 0 Å². The Balaban J connectivity index is 1.95. The highest BCUT2D eigenvalue weighted by atomic mass is 19.1. The molecule has 0 radical (unpaired) electrons. The molecule has 4 N–H and O–H groups in total. The molecule has 88 valence electrons. The van der Waals surface area contributed by atoms with Crippen molar-refractivity contribution in [3.05, 3.63) is 24.3 Å². The third-order valence-corrected chi connectivity index (χ3v) is 3.09. The summed E-state index contributed by atoms with van der Waals surface area (Å²) in [7, 11) is 0. The molecule has 1 saturated carbocycles. The van der Waals surface area contributed by atoms with Crippen LogP contribution in [0.3, 0.4) is 0 Å². The van der Waals surface area contributed by atoms with Gasteiger partial charge in [0.05, 0.1) is 5.69 Å². The highest BCUT2D eigenvalue weighted by Gasteiger charge is 2.37. The van der Waals surface area contributed by atoms with Crippen molar-refractivity contribution >= 4 is 5.69 Å². The fourth-order valence-corrected chi connectivity index (χ4v) is 2.16. The first-order valence-corrected chi connectivity index (χ1v) is 5.55. The van der Waals surface area contributed by atoms with Gasteiger partial charge in [0, 0.05) is 12.6 Å². The van der Waals surface area contributed by atoms with Crippen LogP contribution in [0.4, 0.5) is 10.1 Å². The largest absolute Gasteiger partial charge is 0.506 e. The number of nitrogens with one attached hydrogen (secondary N) is 1. The van der Waals surface area contributed by atoms with Gasteiger partial charge in [-0.05, 0) is 31.4 Å². The van der Waals surface area contributed by atoms with Crippen molar-refractivity contribution in [1.82, 2.24) is 0 Å². The van der Waals surface area contributed by atoms with Gasteiger partial charge in [0.25, 0.3) is 0 Å². The Morgan fingerprint density at radius 1 is 1.50 bits per heavy atom. The number of aromatic hydroxyl groups is 1. The van der Waals surface area contributed by atoms with Crippen molar-refractivity contribution in [2.75, 3.05) is 11.9 Å². The van der Waals surface area contributed by atoms with Gasteiger partial charge >= 0.3 is 0 Å². The summed E-state index contributed by atoms with van der Waals surface area (Å²) < 4.78 is 14.2. The molecule has 16 heavy (non-hydrogen) atoms. The van der Waals surface area contributed by atoms with Crippen molar-refractivity contribution in [1.29, 1.82) is 0 Å². The number of halogens is 1. The molecule has 0 bridgehead atoms. The van der Waals surface area contributed by atoms with Crippen LogP contribution in [0.2, 0.25) is 0 Å². The maximum atomic E-state index is 14.2. The van der Waals surface area contributed by atoms with Crippen LogP contribution in [-0.2, 0) is 0 Å². The standard InChI is InChI=1S/C12H17FN2O/c13-12(6-5-9(14)7-12)8-15-10-3-1-2-4-11(10)16/h1-4,9,15-16H,5-8,14H2. The Morgan fingerprint density at radius 2 is 2.25 bits per heavy atom. The molecule has 1 aromatic rings. The molecule has 3 nitrogen and oxygen atoms in total. The molecule has 0 amide bonds. The van der Waals surface area contributed by atoms with Gasteiger partial charge in [0.1, 0.15) is 11.4 Å². The Morgan fingerprint density at radius 3 is 2.88 bits per heavy atom. The van der Waals surface area contributed by atoms with Crippen LogP contribution >= 0.6 is 0 Å². The average Bonchev–Trinajstić information content (AvgIpc) is 2.58. The zero-order chi connectivity index (χ0) is 11.6. The van der Waals surface area contributed by atoms with E-state index in [-0.39, 0.29) is 18.3 Å². The van der Waals surface area contributed by atoms with E-state index >= 15 is 0 Å². The zero-order valence-electron chi connectivity index (χ0n) is 9.12. The molecule has 1 aliphatic carbocycles. The molecule has 1 aliphatic rings. The van der Waals surface area contributed by atoms with E-state index in [1.165, 1.54) is 0 Å². The van der Waals surface area contributed by atoms with E-state index in [1.807, 2.05) is 0 Å². The van der Waals surface area contributed by atoms with E-state index in [1.54, 1.807) is 24.3 Å². The molecule has 1 fully saturated rings. The van der Waals surface area contributed by atoms with Crippen LogP contribution < -0.4 is 11.1 Å². The fourth-order valence-electron chi connectivity index (χ4n) is 2.16. The SMILES string of the molecule is NC1CCC(F)(CNc2ccccc2O)C1. The predicted octanol–water partition coefficient (Wildman–Crippen LogP) is 2.02. The summed E-state index contributed by atoms with van der Waals surface area (Å²) in [6, 6.07) is 6.81. The van der Waals surface area contributed by atoms with Crippen LogP contribution in [0.15, 0.2) is 24.3 Å². The first kappa shape index (κ1) is 11.2. The van der Waals surface area contributed by atoms with Gasteiger partial charge in [-0.15, -0.1) is 0 Å². The number of anilines is 1. The monoisotopic (exact) mass is 224 g/mol. The lowest BCUT2D eigenvalue weighted by atomic mass is 10.0. The molecular formula is C12H17FN2O. The molecule has 4 heteroatoms. The maximum Gasteiger partial charge on any atom is 0.138 e. The molecule has 2 unspecified atom stereocenters. The Hall–Kier alpha value is -1.29. The summed E-state index contributed by atoms with van der Waals surface area (Å²) in [5.41, 5.74) is 5.03. The lowest BCUT2D eigenvalue weighted by Crippen LogP contribution is -2.31. The Labute approximate surface area is 94.5 Å². The van der Waals surface area contributed by atoms with Crippen LogP contribution in [0, 0.1) is 0 Å². The highest BCUT2D eigenvalue weighted by Crippen LogP contribution is 2.33. The number of para-hydroxylation sites is 2. The predicted molar refractivity (Wildman–Crippen MR) is 62.3 cm³/mol. The Kier molecular flexibility index (Phi) is 3.01. The number of hydrogen-bond donors (Lipinski definition) is 3. The van der Waals surface area contributed by atoms with Crippen LogP contribution in [0.1, 0.15) is 19.3 Å². The fraction of sp³-hybridized carbons (Fsp3) is 0.500. The minimum atomic E-state index is -1.23. The molecule has 0 spiro atoms. The van der Waals surface area contributed by atoms with E-state index in [9.17, 15) is 9.50 Å². The number of alkyl halides is 1. The minimum absolute atomic E-state index is 0.0313. The van der Waals surface area contributed by atoms with Crippen molar-refractivity contribution < 1.29 is 9.50 Å². The molecule has 1 aromatic carbocycles. The highest BCUT2D eigenvalue weighted by molar-refractivity contribution is 5.55. The van der Waals surface area contributed by atoms with Gasteiger partial charge < -0.3 is 16.2 Å². The van der Waals surface area contributed by atoms with Crippen molar-refractivity contribution in [3.8, 4) is 5.75 Å². The average molecular weight is 224 g/mol. The van der Waals surface area contributed by atoms with Gasteiger partial charge in [0.15, 0.2) is 0 Å². The summed E-state index contributed by atoms with van der Waals surface area (Å²) in [6.07, 6.45) is 1.63. The van der Waals surface area contributed by atoms with E-state index in [0.29, 0.717) is 18.5 Å². The van der Waals surface area contributed by atoms with Gasteiger partial charge in [-0.1, -0.05) is 12.1 Å². The molecule has 0 saturated heterocycles. The number of rotatable bonds is 3. The van der Waals surface area contributed by atoms with E-state index in [0.717, 1.165) is 6.42 Å². The molecule has 2 atom stereocenters. The maximum absolute atomic E-state index is 14.2. The van der Waals surface area contributed by atoms with E-state index in [2.05, 4.69) is 5.32 Å². The molecule has 2 rings (SSSR count).